The smallest absolute Gasteiger partial charge is 0.278 e. The van der Waals surface area contributed by atoms with E-state index in [1.807, 2.05) is 13.8 Å². The van der Waals surface area contributed by atoms with E-state index >= 15 is 0 Å². The molecule has 1 N–H and O–H groups in total. The van der Waals surface area contributed by atoms with Crippen molar-refractivity contribution < 1.29 is 13.9 Å². The highest BCUT2D eigenvalue weighted by molar-refractivity contribution is 5.83. The molecule has 0 aliphatic rings. The molecule has 160 valence electrons. The van der Waals surface area contributed by atoms with Gasteiger partial charge in [-0.2, -0.15) is 10.2 Å². The van der Waals surface area contributed by atoms with E-state index in [0.29, 0.717) is 27.9 Å². The Balaban J connectivity index is 1.86. The molecular formula is C21H26FN5O3. The summed E-state index contributed by atoms with van der Waals surface area (Å²) in [5.41, 5.74) is 2.19. The van der Waals surface area contributed by atoms with E-state index in [1.54, 1.807) is 31.6 Å². The second kappa shape index (κ2) is 8.25. The number of aryl methyl sites for hydroxylation is 2. The maximum Gasteiger partial charge on any atom is 0.278 e. The minimum Gasteiger partial charge on any atom is -0.494 e. The molecule has 2 aromatic heterocycles. The number of aromatic nitrogens is 4. The summed E-state index contributed by atoms with van der Waals surface area (Å²) < 4.78 is 21.7. The van der Waals surface area contributed by atoms with E-state index in [4.69, 9.17) is 4.74 Å². The van der Waals surface area contributed by atoms with Gasteiger partial charge in [-0.1, -0.05) is 19.9 Å². The first-order valence-electron chi connectivity index (χ1n) is 9.71. The predicted molar refractivity (Wildman–Crippen MR) is 111 cm³/mol. The van der Waals surface area contributed by atoms with E-state index in [0.717, 1.165) is 4.68 Å². The molecule has 0 radical (unpaired) electrons. The van der Waals surface area contributed by atoms with Crippen molar-refractivity contribution in [2.24, 2.45) is 7.05 Å². The molecule has 0 bridgehead atoms. The molecular weight excluding hydrogens is 389 g/mol. The Bertz CT molecular complexity index is 1170. The quantitative estimate of drug-likeness (QED) is 0.668. The van der Waals surface area contributed by atoms with Crippen LogP contribution in [-0.2, 0) is 18.4 Å². The van der Waals surface area contributed by atoms with Crippen LogP contribution in [0.3, 0.4) is 0 Å². The molecule has 3 aromatic rings. The third-order valence-corrected chi connectivity index (χ3v) is 5.03. The van der Waals surface area contributed by atoms with E-state index < -0.39 is 17.8 Å². The standard InChI is InChI=1S/C21H26FN5O3/c1-11(2)19-18-20(26(5)25-19)13(4)24-27(21(18)29)10-17(28)23-12(3)14-7-8-16(30-6)15(22)9-14/h7-9,11-12H,10H2,1-6H3,(H,23,28)/t12-/m0/s1. The number of rotatable bonds is 6. The van der Waals surface area contributed by atoms with Crippen molar-refractivity contribution in [1.82, 2.24) is 24.9 Å². The van der Waals surface area contributed by atoms with Crippen LogP contribution in [0.1, 0.15) is 49.7 Å². The number of fused-ring (bicyclic) bond motifs is 1. The van der Waals surface area contributed by atoms with Gasteiger partial charge in [-0.05, 0) is 37.5 Å². The highest BCUT2D eigenvalue weighted by Gasteiger charge is 2.21. The van der Waals surface area contributed by atoms with Gasteiger partial charge in [-0.3, -0.25) is 14.3 Å². The summed E-state index contributed by atoms with van der Waals surface area (Å²) in [5, 5.41) is 12.0. The molecule has 1 atom stereocenters. The number of hydrogen-bond donors (Lipinski definition) is 1. The predicted octanol–water partition coefficient (Wildman–Crippen LogP) is 2.59. The average molecular weight is 415 g/mol. The van der Waals surface area contributed by atoms with Crippen molar-refractivity contribution in [3.05, 3.63) is 51.3 Å². The Morgan fingerprint density at radius 2 is 1.97 bits per heavy atom. The fourth-order valence-corrected chi connectivity index (χ4v) is 3.54. The number of nitrogens with one attached hydrogen (secondary N) is 1. The molecule has 9 heteroatoms. The zero-order valence-corrected chi connectivity index (χ0v) is 18.0. The summed E-state index contributed by atoms with van der Waals surface area (Å²) in [6.07, 6.45) is 0. The minimum absolute atomic E-state index is 0.0514. The molecule has 0 saturated heterocycles. The molecule has 0 spiro atoms. The minimum atomic E-state index is -0.507. The second-order valence-corrected chi connectivity index (χ2v) is 7.62. The maximum atomic E-state index is 13.9. The Morgan fingerprint density at radius 1 is 1.27 bits per heavy atom. The van der Waals surface area contributed by atoms with Crippen LogP contribution in [0.4, 0.5) is 4.39 Å². The first-order chi connectivity index (χ1) is 14.1. The fraction of sp³-hybridized carbons (Fsp3) is 0.429. The zero-order chi connectivity index (χ0) is 22.2. The van der Waals surface area contributed by atoms with Crippen molar-refractivity contribution in [2.75, 3.05) is 7.11 Å². The highest BCUT2D eigenvalue weighted by atomic mass is 19.1. The second-order valence-electron chi connectivity index (χ2n) is 7.62. The lowest BCUT2D eigenvalue weighted by molar-refractivity contribution is -0.122. The summed E-state index contributed by atoms with van der Waals surface area (Å²) >= 11 is 0. The largest absolute Gasteiger partial charge is 0.494 e. The van der Waals surface area contributed by atoms with Crippen LogP contribution in [0.5, 0.6) is 5.75 Å². The van der Waals surface area contributed by atoms with E-state index in [9.17, 15) is 14.0 Å². The SMILES string of the molecule is COc1ccc([C@H](C)NC(=O)Cn2nc(C)c3c(c(C(C)C)nn3C)c2=O)cc1F. The third kappa shape index (κ3) is 3.92. The van der Waals surface area contributed by atoms with Gasteiger partial charge in [0, 0.05) is 7.05 Å². The summed E-state index contributed by atoms with van der Waals surface area (Å²) in [6, 6.07) is 4.04. The Kier molecular flexibility index (Phi) is 5.91. The molecule has 1 amide bonds. The molecule has 0 saturated carbocycles. The number of carbonyl (C=O) groups excluding carboxylic acids is 1. The monoisotopic (exact) mass is 415 g/mol. The van der Waals surface area contributed by atoms with Crippen molar-refractivity contribution in [3.63, 3.8) is 0 Å². The lowest BCUT2D eigenvalue weighted by Crippen LogP contribution is -2.35. The number of ether oxygens (including phenoxy) is 1. The van der Waals surface area contributed by atoms with Crippen LogP contribution in [0.25, 0.3) is 10.9 Å². The van der Waals surface area contributed by atoms with Gasteiger partial charge in [0.1, 0.15) is 6.54 Å². The first kappa shape index (κ1) is 21.5. The van der Waals surface area contributed by atoms with Gasteiger partial charge in [0.15, 0.2) is 11.6 Å². The van der Waals surface area contributed by atoms with Crippen molar-refractivity contribution in [3.8, 4) is 5.75 Å². The van der Waals surface area contributed by atoms with Crippen LogP contribution in [0.15, 0.2) is 23.0 Å². The Labute approximate surface area is 173 Å². The number of nitrogens with zero attached hydrogens (tertiary/aromatic N) is 4. The molecule has 3 rings (SSSR count). The molecule has 0 aliphatic carbocycles. The molecule has 8 nitrogen and oxygen atoms in total. The van der Waals surface area contributed by atoms with Crippen LogP contribution >= 0.6 is 0 Å². The summed E-state index contributed by atoms with van der Waals surface area (Å²) in [5.74, 6) is -0.723. The topological polar surface area (TPSA) is 91.0 Å². The van der Waals surface area contributed by atoms with E-state index in [2.05, 4.69) is 15.5 Å². The van der Waals surface area contributed by atoms with Gasteiger partial charge in [0.2, 0.25) is 5.91 Å². The van der Waals surface area contributed by atoms with Crippen molar-refractivity contribution in [1.29, 1.82) is 0 Å². The number of halogens is 1. The number of carbonyl (C=O) groups is 1. The zero-order valence-electron chi connectivity index (χ0n) is 18.0. The van der Waals surface area contributed by atoms with Gasteiger partial charge >= 0.3 is 0 Å². The number of methoxy groups -OCH3 is 1. The third-order valence-electron chi connectivity index (χ3n) is 5.03. The Morgan fingerprint density at radius 3 is 2.57 bits per heavy atom. The molecule has 1 aromatic carbocycles. The van der Waals surface area contributed by atoms with Crippen molar-refractivity contribution in [2.45, 2.75) is 46.2 Å². The number of benzene rings is 1. The van der Waals surface area contributed by atoms with Gasteiger partial charge in [0.05, 0.1) is 35.4 Å². The molecule has 0 aliphatic heterocycles. The lowest BCUT2D eigenvalue weighted by Gasteiger charge is -2.16. The van der Waals surface area contributed by atoms with Crippen LogP contribution < -0.4 is 15.6 Å². The Hall–Kier alpha value is -3.23. The molecule has 0 unspecified atom stereocenters. The average Bonchev–Trinajstić information content (AvgIpc) is 3.04. The van der Waals surface area contributed by atoms with Gasteiger partial charge in [-0.15, -0.1) is 0 Å². The van der Waals surface area contributed by atoms with Crippen LogP contribution in [0, 0.1) is 12.7 Å². The maximum absolute atomic E-state index is 13.9. The molecule has 30 heavy (non-hydrogen) atoms. The number of amides is 1. The fourth-order valence-electron chi connectivity index (χ4n) is 3.54. The van der Waals surface area contributed by atoms with Crippen LogP contribution in [0.2, 0.25) is 0 Å². The van der Waals surface area contributed by atoms with Crippen molar-refractivity contribution >= 4 is 16.8 Å². The number of hydrogen-bond acceptors (Lipinski definition) is 5. The van der Waals surface area contributed by atoms with E-state index in [1.165, 1.54) is 19.2 Å². The summed E-state index contributed by atoms with van der Waals surface area (Å²) in [6.45, 7) is 7.20. The molecule has 0 fully saturated rings. The normalized spacial score (nSPS) is 12.4. The lowest BCUT2D eigenvalue weighted by atomic mass is 10.1. The first-order valence-corrected chi connectivity index (χ1v) is 9.71. The summed E-state index contributed by atoms with van der Waals surface area (Å²) in [7, 11) is 3.16. The summed E-state index contributed by atoms with van der Waals surface area (Å²) in [4.78, 5) is 25.6. The van der Waals surface area contributed by atoms with Crippen LogP contribution in [-0.4, -0.2) is 32.6 Å². The van der Waals surface area contributed by atoms with Gasteiger partial charge < -0.3 is 10.1 Å². The highest BCUT2D eigenvalue weighted by Crippen LogP contribution is 2.23. The van der Waals surface area contributed by atoms with Gasteiger partial charge in [-0.25, -0.2) is 9.07 Å². The van der Waals surface area contributed by atoms with Gasteiger partial charge in [0.25, 0.3) is 5.56 Å². The molecule has 2 heterocycles. The van der Waals surface area contributed by atoms with E-state index in [-0.39, 0.29) is 23.8 Å².